The molecule has 0 bridgehead atoms. The summed E-state index contributed by atoms with van der Waals surface area (Å²) in [5.74, 6) is -0.0216. The maximum Gasteiger partial charge on any atom is 0.295 e. The Hall–Kier alpha value is -3.77. The van der Waals surface area contributed by atoms with Crippen molar-refractivity contribution in [3.05, 3.63) is 65.5 Å². The van der Waals surface area contributed by atoms with Crippen LogP contribution in [-0.4, -0.2) is 56.1 Å². The Morgan fingerprint density at radius 2 is 1.77 bits per heavy atom. The van der Waals surface area contributed by atoms with Crippen molar-refractivity contribution in [3.63, 3.8) is 0 Å². The van der Waals surface area contributed by atoms with E-state index in [0.29, 0.717) is 24.3 Å². The van der Waals surface area contributed by atoms with Gasteiger partial charge >= 0.3 is 0 Å². The smallest absolute Gasteiger partial charge is 0.295 e. The Balaban J connectivity index is 1.64. The molecule has 1 heterocycles. The molecule has 0 saturated carbocycles. The molecule has 0 aliphatic carbocycles. The summed E-state index contributed by atoms with van der Waals surface area (Å²) >= 11 is 0. The summed E-state index contributed by atoms with van der Waals surface area (Å²) in [6.07, 6.45) is 12.7. The van der Waals surface area contributed by atoms with Gasteiger partial charge in [0, 0.05) is 44.0 Å². The molecule has 218 valence electrons. The van der Waals surface area contributed by atoms with Gasteiger partial charge in [-0.15, -0.1) is 0 Å². The molecule has 0 spiro atoms. The maximum absolute atomic E-state index is 12.3. The maximum atomic E-state index is 12.3. The Bertz CT molecular complexity index is 1250. The van der Waals surface area contributed by atoms with Crippen LogP contribution in [0.2, 0.25) is 0 Å². The number of nitrogens with zero attached hydrogens (tertiary/aromatic N) is 2. The molecular formula is C28H40N6O5S. The Labute approximate surface area is 236 Å². The van der Waals surface area contributed by atoms with E-state index in [-0.39, 0.29) is 28.8 Å². The number of hydrazone groups is 1. The molecule has 2 rings (SSSR count). The average molecular weight is 573 g/mol. The number of anilines is 1. The lowest BCUT2D eigenvalue weighted by Gasteiger charge is -2.08. The number of rotatable bonds is 18. The van der Waals surface area contributed by atoms with Crippen LogP contribution in [0.3, 0.4) is 0 Å². The predicted molar refractivity (Wildman–Crippen MR) is 157 cm³/mol. The minimum absolute atomic E-state index is 0.0273. The number of pyridine rings is 1. The number of hydrogen-bond acceptors (Lipinski definition) is 8. The van der Waals surface area contributed by atoms with E-state index >= 15 is 0 Å². The first-order chi connectivity index (χ1) is 19.2. The van der Waals surface area contributed by atoms with Crippen LogP contribution in [-0.2, 0) is 14.9 Å². The number of nitrogens with one attached hydrogen (secondary N) is 4. The van der Waals surface area contributed by atoms with Crippen molar-refractivity contribution in [2.24, 2.45) is 5.10 Å². The summed E-state index contributed by atoms with van der Waals surface area (Å²) in [6.45, 7) is 2.81. The fourth-order valence-electron chi connectivity index (χ4n) is 3.73. The first-order valence-corrected chi connectivity index (χ1v) is 14.9. The minimum Gasteiger partial charge on any atom is -0.392 e. The quantitative estimate of drug-likeness (QED) is 0.0778. The molecule has 1 aromatic heterocycles. The zero-order valence-corrected chi connectivity index (χ0v) is 24.0. The molecule has 0 aliphatic heterocycles. The van der Waals surface area contributed by atoms with Gasteiger partial charge in [-0.3, -0.25) is 19.6 Å². The lowest BCUT2D eigenvalue weighted by atomic mass is 10.1. The summed E-state index contributed by atoms with van der Waals surface area (Å²) in [7, 11) is -2.42. The second kappa shape index (κ2) is 17.7. The summed E-state index contributed by atoms with van der Waals surface area (Å²) in [5.41, 5.74) is 4.47. The number of amides is 2. The monoisotopic (exact) mass is 572 g/mol. The van der Waals surface area contributed by atoms with Crippen molar-refractivity contribution < 1.29 is 22.6 Å². The molecule has 5 N–H and O–H groups in total. The van der Waals surface area contributed by atoms with E-state index in [1.54, 1.807) is 18.2 Å². The lowest BCUT2D eigenvalue weighted by molar-refractivity contribution is -0.121. The molecule has 12 heteroatoms. The van der Waals surface area contributed by atoms with Gasteiger partial charge < -0.3 is 16.0 Å². The van der Waals surface area contributed by atoms with E-state index in [1.807, 2.05) is 7.05 Å². The van der Waals surface area contributed by atoms with E-state index in [2.05, 4.69) is 44.5 Å². The molecule has 1 aromatic carbocycles. The molecule has 2 aromatic rings. The van der Waals surface area contributed by atoms with E-state index in [9.17, 15) is 22.6 Å². The highest BCUT2D eigenvalue weighted by atomic mass is 32.2. The van der Waals surface area contributed by atoms with Gasteiger partial charge in [-0.2, -0.15) is 13.5 Å². The van der Waals surface area contributed by atoms with Gasteiger partial charge in [0.1, 0.15) is 10.7 Å². The van der Waals surface area contributed by atoms with Gasteiger partial charge in [0.2, 0.25) is 5.91 Å². The summed E-state index contributed by atoms with van der Waals surface area (Å²) in [4.78, 5) is 28.2. The van der Waals surface area contributed by atoms with Crippen LogP contribution in [0.15, 0.2) is 64.4 Å². The molecule has 0 unspecified atom stereocenters. The van der Waals surface area contributed by atoms with Crippen LogP contribution in [0.5, 0.6) is 0 Å². The normalized spacial score (nSPS) is 11.8. The van der Waals surface area contributed by atoms with Crippen molar-refractivity contribution in [1.82, 2.24) is 20.9 Å². The largest absolute Gasteiger partial charge is 0.392 e. The first kappa shape index (κ1) is 32.4. The SMILES string of the molecule is CCCC/C(=C/CCCCCC(=O)NCCNC(=O)c1ccc(N/N=C\c2ccccc2S(=O)(=O)O)nc1)NC. The topological polar surface area (TPSA) is 162 Å². The zero-order chi connectivity index (χ0) is 29.2. The molecule has 40 heavy (non-hydrogen) atoms. The summed E-state index contributed by atoms with van der Waals surface area (Å²) in [5, 5.41) is 12.7. The van der Waals surface area contributed by atoms with Crippen LogP contribution in [0.25, 0.3) is 0 Å². The Morgan fingerprint density at radius 1 is 1.00 bits per heavy atom. The highest BCUT2D eigenvalue weighted by Crippen LogP contribution is 2.13. The van der Waals surface area contributed by atoms with Gasteiger partial charge in [0.25, 0.3) is 16.0 Å². The van der Waals surface area contributed by atoms with Crippen LogP contribution < -0.4 is 21.4 Å². The third-order valence-corrected chi connectivity index (χ3v) is 6.89. The van der Waals surface area contributed by atoms with Crippen LogP contribution in [0.4, 0.5) is 5.82 Å². The van der Waals surface area contributed by atoms with Crippen LogP contribution in [0.1, 0.15) is 74.2 Å². The summed E-state index contributed by atoms with van der Waals surface area (Å²) < 4.78 is 32.2. The first-order valence-electron chi connectivity index (χ1n) is 13.5. The standard InChI is InChI=1S/C28H40N6O5S/c1-3-4-12-24(29-2)13-7-5-6-8-15-27(35)30-18-19-31-28(36)23-16-17-26(32-20-23)34-33-21-22-11-9-10-14-25(22)40(37,38)39/h9-11,13-14,16-17,20-21,29H,3-8,12,15,18-19H2,1-2H3,(H,30,35)(H,31,36)(H,32,34)(H,37,38,39)/b24-13-,33-21-. The predicted octanol–water partition coefficient (Wildman–Crippen LogP) is 3.86. The number of benzene rings is 1. The number of hydrogen-bond donors (Lipinski definition) is 5. The van der Waals surface area contributed by atoms with E-state index in [4.69, 9.17) is 0 Å². The Morgan fingerprint density at radius 3 is 2.48 bits per heavy atom. The van der Waals surface area contributed by atoms with Crippen molar-refractivity contribution in [2.45, 2.75) is 63.2 Å². The van der Waals surface area contributed by atoms with Gasteiger partial charge in [-0.05, 0) is 50.3 Å². The van der Waals surface area contributed by atoms with E-state index in [1.165, 1.54) is 49.1 Å². The molecular weight excluding hydrogens is 532 g/mol. The zero-order valence-electron chi connectivity index (χ0n) is 23.2. The molecule has 0 saturated heterocycles. The third kappa shape index (κ3) is 12.4. The van der Waals surface area contributed by atoms with Crippen molar-refractivity contribution in [3.8, 4) is 0 Å². The van der Waals surface area contributed by atoms with Crippen molar-refractivity contribution >= 4 is 34.0 Å². The highest BCUT2D eigenvalue weighted by molar-refractivity contribution is 7.86. The number of allylic oxidation sites excluding steroid dienone is 2. The fraction of sp³-hybridized carbons (Fsp3) is 0.429. The van der Waals surface area contributed by atoms with Crippen LogP contribution >= 0.6 is 0 Å². The van der Waals surface area contributed by atoms with Gasteiger partial charge in [0.15, 0.2) is 0 Å². The van der Waals surface area contributed by atoms with Gasteiger partial charge in [-0.1, -0.05) is 44.0 Å². The molecule has 0 fully saturated rings. The molecule has 0 atom stereocenters. The fourth-order valence-corrected chi connectivity index (χ4v) is 4.40. The second-order valence-corrected chi connectivity index (χ2v) is 10.5. The Kier molecular flexibility index (Phi) is 14.4. The second-order valence-electron chi connectivity index (χ2n) is 9.10. The van der Waals surface area contributed by atoms with Gasteiger partial charge in [0.05, 0.1) is 11.8 Å². The molecule has 2 amide bonds. The average Bonchev–Trinajstić information content (AvgIpc) is 2.94. The van der Waals surface area contributed by atoms with Crippen LogP contribution in [0, 0.1) is 0 Å². The van der Waals surface area contributed by atoms with Crippen molar-refractivity contribution in [2.75, 3.05) is 25.6 Å². The van der Waals surface area contributed by atoms with Gasteiger partial charge in [-0.25, -0.2) is 4.98 Å². The molecule has 11 nitrogen and oxygen atoms in total. The van der Waals surface area contributed by atoms with Crippen molar-refractivity contribution in [1.29, 1.82) is 0 Å². The molecule has 0 aliphatic rings. The highest BCUT2D eigenvalue weighted by Gasteiger charge is 2.13. The number of unbranched alkanes of at least 4 members (excludes halogenated alkanes) is 4. The summed E-state index contributed by atoms with van der Waals surface area (Å²) in [6, 6.07) is 8.97. The number of carbonyl (C=O) groups is 2. The third-order valence-electron chi connectivity index (χ3n) is 5.96. The molecule has 0 radical (unpaired) electrons. The minimum atomic E-state index is -4.38. The lowest BCUT2D eigenvalue weighted by Crippen LogP contribution is -2.34. The number of carbonyl (C=O) groups excluding carboxylic acids is 2. The number of aromatic nitrogens is 1. The van der Waals surface area contributed by atoms with E-state index in [0.717, 1.165) is 32.1 Å². The van der Waals surface area contributed by atoms with E-state index < -0.39 is 10.1 Å².